The Hall–Kier alpha value is -0.0800. The van der Waals surface area contributed by atoms with Crippen molar-refractivity contribution >= 4 is 0 Å². The van der Waals surface area contributed by atoms with E-state index in [9.17, 15) is 0 Å². The zero-order valence-electron chi connectivity index (χ0n) is 12.5. The second kappa shape index (κ2) is 7.49. The van der Waals surface area contributed by atoms with E-state index in [1.54, 1.807) is 0 Å². The topological polar surface area (TPSA) is 15.3 Å². The van der Waals surface area contributed by atoms with Gasteiger partial charge in [-0.2, -0.15) is 0 Å². The van der Waals surface area contributed by atoms with Crippen LogP contribution in [-0.4, -0.2) is 37.1 Å². The lowest BCUT2D eigenvalue weighted by molar-refractivity contribution is 0.0894. The average molecular weight is 252 g/mol. The fourth-order valence-corrected chi connectivity index (χ4v) is 3.83. The van der Waals surface area contributed by atoms with Gasteiger partial charge >= 0.3 is 0 Å². The van der Waals surface area contributed by atoms with E-state index in [0.29, 0.717) is 0 Å². The van der Waals surface area contributed by atoms with Crippen LogP contribution in [0.5, 0.6) is 0 Å². The van der Waals surface area contributed by atoms with E-state index in [2.05, 4.69) is 24.1 Å². The fourth-order valence-electron chi connectivity index (χ4n) is 3.83. The van der Waals surface area contributed by atoms with Gasteiger partial charge in [-0.3, -0.25) is 0 Å². The number of nitrogens with one attached hydrogen (secondary N) is 1. The van der Waals surface area contributed by atoms with Crippen molar-refractivity contribution in [3.63, 3.8) is 0 Å². The Labute approximate surface area is 114 Å². The van der Waals surface area contributed by atoms with Crippen LogP contribution in [0.4, 0.5) is 0 Å². The highest BCUT2D eigenvalue weighted by Gasteiger charge is 2.28. The second-order valence-corrected chi connectivity index (χ2v) is 6.43. The fraction of sp³-hybridized carbons (Fsp3) is 1.00. The molecule has 0 bridgehead atoms. The molecule has 0 radical (unpaired) electrons. The zero-order valence-corrected chi connectivity index (χ0v) is 12.5. The molecule has 2 rings (SSSR count). The molecular weight excluding hydrogens is 220 g/mol. The van der Waals surface area contributed by atoms with Gasteiger partial charge in [0.25, 0.3) is 0 Å². The summed E-state index contributed by atoms with van der Waals surface area (Å²) in [4.78, 5) is 2.78. The number of nitrogens with zero attached hydrogens (tertiary/aromatic N) is 1. The quantitative estimate of drug-likeness (QED) is 0.808. The molecule has 106 valence electrons. The van der Waals surface area contributed by atoms with Crippen LogP contribution in [0.2, 0.25) is 0 Å². The van der Waals surface area contributed by atoms with Crippen LogP contribution in [0.15, 0.2) is 0 Å². The first kappa shape index (κ1) is 14.3. The van der Waals surface area contributed by atoms with Crippen molar-refractivity contribution in [3.8, 4) is 0 Å². The van der Waals surface area contributed by atoms with Crippen molar-refractivity contribution < 1.29 is 0 Å². The number of rotatable bonds is 5. The number of likely N-dealkylation sites (tertiary alicyclic amines) is 1. The van der Waals surface area contributed by atoms with Gasteiger partial charge in [0.05, 0.1) is 0 Å². The predicted octanol–water partition coefficient (Wildman–Crippen LogP) is 3.28. The highest BCUT2D eigenvalue weighted by atomic mass is 15.2. The van der Waals surface area contributed by atoms with E-state index in [1.807, 2.05) is 0 Å². The third-order valence-electron chi connectivity index (χ3n) is 5.24. The molecule has 1 saturated carbocycles. The minimum absolute atomic E-state index is 0.838. The molecule has 1 aliphatic carbocycles. The monoisotopic (exact) mass is 252 g/mol. The lowest BCUT2D eigenvalue weighted by atomic mass is 9.83. The highest BCUT2D eigenvalue weighted by molar-refractivity contribution is 4.82. The Kier molecular flexibility index (Phi) is 5.97. The van der Waals surface area contributed by atoms with Crippen LogP contribution < -0.4 is 5.32 Å². The molecule has 18 heavy (non-hydrogen) atoms. The minimum Gasteiger partial charge on any atom is -0.317 e. The summed E-state index contributed by atoms with van der Waals surface area (Å²) in [6.45, 7) is 9.74. The first-order valence-corrected chi connectivity index (χ1v) is 8.26. The zero-order chi connectivity index (χ0) is 12.8. The molecule has 0 aromatic carbocycles. The molecule has 1 atom stereocenters. The highest BCUT2D eigenvalue weighted by Crippen LogP contribution is 2.30. The summed E-state index contributed by atoms with van der Waals surface area (Å²) in [5.74, 6) is 1.92. The van der Waals surface area contributed by atoms with Crippen LogP contribution in [0.25, 0.3) is 0 Å². The van der Waals surface area contributed by atoms with Crippen LogP contribution in [-0.2, 0) is 0 Å². The van der Waals surface area contributed by atoms with Gasteiger partial charge in [0.2, 0.25) is 0 Å². The summed E-state index contributed by atoms with van der Waals surface area (Å²) < 4.78 is 0. The van der Waals surface area contributed by atoms with E-state index in [0.717, 1.165) is 24.4 Å². The van der Waals surface area contributed by atoms with E-state index >= 15 is 0 Å². The number of hydrogen-bond acceptors (Lipinski definition) is 2. The molecular formula is C16H32N2. The number of piperidine rings is 1. The van der Waals surface area contributed by atoms with Gasteiger partial charge in [-0.05, 0) is 70.6 Å². The molecule has 1 aliphatic heterocycles. The van der Waals surface area contributed by atoms with Crippen LogP contribution in [0.1, 0.15) is 58.8 Å². The predicted molar refractivity (Wildman–Crippen MR) is 78.9 cm³/mol. The standard InChI is InChI=1S/C16H32N2/c1-3-17-13-15-9-11-18(12-10-15)14(2)16-7-5-4-6-8-16/h14-17H,3-13H2,1-2H3. The molecule has 2 fully saturated rings. The molecule has 2 nitrogen and oxygen atoms in total. The summed E-state index contributed by atoms with van der Waals surface area (Å²) in [6, 6.07) is 0.838. The molecule has 1 heterocycles. The van der Waals surface area contributed by atoms with Gasteiger partial charge in [0.15, 0.2) is 0 Å². The third kappa shape index (κ3) is 3.96. The third-order valence-corrected chi connectivity index (χ3v) is 5.24. The van der Waals surface area contributed by atoms with Gasteiger partial charge in [-0.15, -0.1) is 0 Å². The van der Waals surface area contributed by atoms with Crippen molar-refractivity contribution in [2.24, 2.45) is 11.8 Å². The maximum absolute atomic E-state index is 3.51. The molecule has 1 unspecified atom stereocenters. The maximum Gasteiger partial charge on any atom is 0.00951 e. The largest absolute Gasteiger partial charge is 0.317 e. The SMILES string of the molecule is CCNCC1CCN(C(C)C2CCCCC2)CC1. The minimum atomic E-state index is 0.838. The average Bonchev–Trinajstić information content (AvgIpc) is 2.46. The van der Waals surface area contributed by atoms with Gasteiger partial charge in [-0.25, -0.2) is 0 Å². The summed E-state index contributed by atoms with van der Waals surface area (Å²) in [5.41, 5.74) is 0. The molecule has 2 aliphatic rings. The molecule has 0 spiro atoms. The summed E-state index contributed by atoms with van der Waals surface area (Å²) in [5, 5.41) is 3.51. The Morgan fingerprint density at radius 2 is 1.72 bits per heavy atom. The van der Waals surface area contributed by atoms with E-state index in [4.69, 9.17) is 0 Å². The first-order chi connectivity index (χ1) is 8.81. The van der Waals surface area contributed by atoms with Crippen molar-refractivity contribution in [3.05, 3.63) is 0 Å². The van der Waals surface area contributed by atoms with Gasteiger partial charge in [-0.1, -0.05) is 26.2 Å². The van der Waals surface area contributed by atoms with E-state index in [-0.39, 0.29) is 0 Å². The molecule has 1 N–H and O–H groups in total. The van der Waals surface area contributed by atoms with Gasteiger partial charge in [0.1, 0.15) is 0 Å². The lowest BCUT2D eigenvalue weighted by Crippen LogP contribution is -2.45. The summed E-state index contributed by atoms with van der Waals surface area (Å²) >= 11 is 0. The normalized spacial score (nSPS) is 26.3. The van der Waals surface area contributed by atoms with Crippen LogP contribution >= 0.6 is 0 Å². The van der Waals surface area contributed by atoms with Gasteiger partial charge in [0, 0.05) is 6.04 Å². The van der Waals surface area contributed by atoms with E-state index < -0.39 is 0 Å². The number of hydrogen-bond donors (Lipinski definition) is 1. The van der Waals surface area contributed by atoms with Crippen molar-refractivity contribution in [2.45, 2.75) is 64.8 Å². The van der Waals surface area contributed by atoms with Crippen LogP contribution in [0, 0.1) is 11.8 Å². The molecule has 1 saturated heterocycles. The van der Waals surface area contributed by atoms with Crippen molar-refractivity contribution in [2.75, 3.05) is 26.2 Å². The first-order valence-electron chi connectivity index (χ1n) is 8.26. The lowest BCUT2D eigenvalue weighted by Gasteiger charge is -2.40. The Morgan fingerprint density at radius 3 is 2.33 bits per heavy atom. The van der Waals surface area contributed by atoms with Crippen molar-refractivity contribution in [1.29, 1.82) is 0 Å². The van der Waals surface area contributed by atoms with E-state index in [1.165, 1.54) is 64.6 Å². The summed E-state index contributed by atoms with van der Waals surface area (Å²) in [7, 11) is 0. The molecule has 0 aromatic rings. The van der Waals surface area contributed by atoms with Crippen LogP contribution in [0.3, 0.4) is 0 Å². The smallest absolute Gasteiger partial charge is 0.00951 e. The van der Waals surface area contributed by atoms with Crippen molar-refractivity contribution in [1.82, 2.24) is 10.2 Å². The second-order valence-electron chi connectivity index (χ2n) is 6.43. The maximum atomic E-state index is 3.51. The Balaban J connectivity index is 1.71. The summed E-state index contributed by atoms with van der Waals surface area (Å²) in [6.07, 6.45) is 10.2. The Morgan fingerprint density at radius 1 is 1.06 bits per heavy atom. The van der Waals surface area contributed by atoms with Gasteiger partial charge < -0.3 is 10.2 Å². The molecule has 0 aromatic heterocycles. The molecule has 2 heteroatoms. The molecule has 0 amide bonds. The Bertz CT molecular complexity index is 215.